The van der Waals surface area contributed by atoms with Gasteiger partial charge in [-0.1, -0.05) is 6.07 Å². The summed E-state index contributed by atoms with van der Waals surface area (Å²) in [5.41, 5.74) is 2.49. The van der Waals surface area contributed by atoms with E-state index in [0.717, 1.165) is 42.8 Å². The molecule has 0 radical (unpaired) electrons. The van der Waals surface area contributed by atoms with Crippen LogP contribution in [0.15, 0.2) is 12.1 Å². The molecule has 0 saturated carbocycles. The van der Waals surface area contributed by atoms with Crippen LogP contribution in [0.3, 0.4) is 0 Å². The lowest BCUT2D eigenvalue weighted by Crippen LogP contribution is -2.64. The molecule has 4 heterocycles. The summed E-state index contributed by atoms with van der Waals surface area (Å²) in [6.07, 6.45) is 2.56. The number of halogens is 1. The quantitative estimate of drug-likeness (QED) is 0.697. The largest absolute Gasteiger partial charge is 0.484 e. The van der Waals surface area contributed by atoms with E-state index in [1.807, 2.05) is 12.1 Å². The van der Waals surface area contributed by atoms with Crippen molar-refractivity contribution in [2.75, 3.05) is 13.1 Å². The molecule has 4 aliphatic heterocycles. The molecular weight excluding hydrogens is 358 g/mol. The minimum Gasteiger partial charge on any atom is -0.484 e. The first-order valence-electron chi connectivity index (χ1n) is 8.75. The number of amides is 3. The maximum absolute atomic E-state index is 12.8. The molecule has 2 saturated heterocycles. The fraction of sp³-hybridized carbons (Fsp3) is 0.500. The summed E-state index contributed by atoms with van der Waals surface area (Å²) in [7, 11) is 0. The van der Waals surface area contributed by atoms with Crippen LogP contribution in [-0.2, 0) is 22.6 Å². The second kappa shape index (κ2) is 5.96. The van der Waals surface area contributed by atoms with E-state index in [-0.39, 0.29) is 42.2 Å². The number of benzene rings is 1. The number of ether oxygens (including phenoxy) is 1. The first-order chi connectivity index (χ1) is 12.1. The van der Waals surface area contributed by atoms with Crippen molar-refractivity contribution in [3.05, 3.63) is 28.8 Å². The van der Waals surface area contributed by atoms with E-state index in [2.05, 4.69) is 10.6 Å². The first-order valence-corrected chi connectivity index (χ1v) is 8.75. The van der Waals surface area contributed by atoms with Crippen molar-refractivity contribution >= 4 is 30.1 Å². The highest BCUT2D eigenvalue weighted by Gasteiger charge is 2.46. The first kappa shape index (κ1) is 17.3. The number of imide groups is 1. The van der Waals surface area contributed by atoms with Gasteiger partial charge in [0.1, 0.15) is 17.4 Å². The average Bonchev–Trinajstić information content (AvgIpc) is 2.90. The molecule has 1 atom stereocenters. The Morgan fingerprint density at radius 1 is 1.15 bits per heavy atom. The smallest absolute Gasteiger partial charge is 0.255 e. The van der Waals surface area contributed by atoms with Crippen LogP contribution < -0.4 is 15.4 Å². The Bertz CT molecular complexity index is 821. The molecule has 1 spiro atoms. The molecule has 5 rings (SSSR count). The summed E-state index contributed by atoms with van der Waals surface area (Å²) >= 11 is 0. The summed E-state index contributed by atoms with van der Waals surface area (Å²) in [5.74, 6) is 0.0213. The number of hydrogen-bond donors (Lipinski definition) is 2. The van der Waals surface area contributed by atoms with Gasteiger partial charge in [-0.2, -0.15) is 0 Å². The molecule has 3 amide bonds. The molecule has 1 aromatic rings. The van der Waals surface area contributed by atoms with Gasteiger partial charge < -0.3 is 15.0 Å². The van der Waals surface area contributed by atoms with Crippen molar-refractivity contribution in [1.82, 2.24) is 15.5 Å². The van der Waals surface area contributed by atoms with Crippen LogP contribution in [0.4, 0.5) is 0 Å². The topological polar surface area (TPSA) is 87.7 Å². The van der Waals surface area contributed by atoms with E-state index in [1.54, 1.807) is 4.90 Å². The van der Waals surface area contributed by atoms with Gasteiger partial charge in [0.05, 0.1) is 6.54 Å². The molecule has 0 aromatic heterocycles. The molecule has 138 valence electrons. The SMILES string of the molecule is Cl.O=C1CCC(N2Cc3c(ccc4c3OC3(CC4)CNC3)C2=O)C(=O)N1. The van der Waals surface area contributed by atoms with Crippen LogP contribution in [0.2, 0.25) is 0 Å². The average molecular weight is 378 g/mol. The number of aryl methyl sites for hydroxylation is 1. The van der Waals surface area contributed by atoms with Crippen LogP contribution >= 0.6 is 12.4 Å². The zero-order valence-corrected chi connectivity index (χ0v) is 15.0. The number of carbonyl (C=O) groups excluding carboxylic acids is 3. The summed E-state index contributed by atoms with van der Waals surface area (Å²) < 4.78 is 6.33. The summed E-state index contributed by atoms with van der Waals surface area (Å²) in [5, 5.41) is 5.60. The Hall–Kier alpha value is -2.12. The molecule has 1 aromatic carbocycles. The van der Waals surface area contributed by atoms with Crippen molar-refractivity contribution in [3.8, 4) is 5.75 Å². The Kier molecular flexibility index (Phi) is 3.96. The fourth-order valence-electron chi connectivity index (χ4n) is 4.27. The molecule has 0 aliphatic carbocycles. The van der Waals surface area contributed by atoms with E-state index in [4.69, 9.17) is 4.74 Å². The van der Waals surface area contributed by atoms with Gasteiger partial charge in [-0.25, -0.2) is 0 Å². The van der Waals surface area contributed by atoms with Gasteiger partial charge >= 0.3 is 0 Å². The Morgan fingerprint density at radius 2 is 1.96 bits per heavy atom. The third-order valence-corrected chi connectivity index (χ3v) is 5.81. The Labute approximate surface area is 156 Å². The van der Waals surface area contributed by atoms with Crippen molar-refractivity contribution in [2.24, 2.45) is 0 Å². The zero-order chi connectivity index (χ0) is 17.2. The van der Waals surface area contributed by atoms with Crippen LogP contribution in [0.5, 0.6) is 5.75 Å². The molecule has 7 nitrogen and oxygen atoms in total. The summed E-state index contributed by atoms with van der Waals surface area (Å²) in [6, 6.07) is 3.23. The van der Waals surface area contributed by atoms with E-state index in [9.17, 15) is 14.4 Å². The third-order valence-electron chi connectivity index (χ3n) is 5.81. The standard InChI is InChI=1S/C18H19N3O4.ClH/c22-14-4-3-13(16(23)20-14)21-7-12-11(17(21)24)2-1-10-5-6-18(8-19-9-18)25-15(10)12;/h1-2,13,19H,3-9H2,(H,20,22,23);1H. The highest BCUT2D eigenvalue weighted by molar-refractivity contribution is 6.05. The molecule has 1 unspecified atom stereocenters. The van der Waals surface area contributed by atoms with Gasteiger partial charge in [0, 0.05) is 30.6 Å². The Morgan fingerprint density at radius 3 is 2.65 bits per heavy atom. The normalized spacial score (nSPS) is 25.6. The van der Waals surface area contributed by atoms with E-state index < -0.39 is 6.04 Å². The lowest BCUT2D eigenvalue weighted by atomic mass is 9.85. The summed E-state index contributed by atoms with van der Waals surface area (Å²) in [6.45, 7) is 2.04. The second-order valence-corrected chi connectivity index (χ2v) is 7.37. The second-order valence-electron chi connectivity index (χ2n) is 7.37. The van der Waals surface area contributed by atoms with Crippen LogP contribution in [-0.4, -0.2) is 47.4 Å². The number of carbonyl (C=O) groups is 3. The molecule has 26 heavy (non-hydrogen) atoms. The number of piperidine rings is 1. The van der Waals surface area contributed by atoms with Crippen LogP contribution in [0.25, 0.3) is 0 Å². The lowest BCUT2D eigenvalue weighted by Gasteiger charge is -2.46. The molecular formula is C18H20ClN3O4. The van der Waals surface area contributed by atoms with Crippen molar-refractivity contribution in [2.45, 2.75) is 43.9 Å². The monoisotopic (exact) mass is 377 g/mol. The number of nitrogens with zero attached hydrogens (tertiary/aromatic N) is 1. The summed E-state index contributed by atoms with van der Waals surface area (Å²) in [4.78, 5) is 38.0. The van der Waals surface area contributed by atoms with Crippen molar-refractivity contribution in [3.63, 3.8) is 0 Å². The van der Waals surface area contributed by atoms with Gasteiger partial charge in [-0.15, -0.1) is 12.4 Å². The number of nitrogens with one attached hydrogen (secondary N) is 2. The number of fused-ring (bicyclic) bond motifs is 3. The van der Waals surface area contributed by atoms with E-state index in [1.165, 1.54) is 0 Å². The molecule has 4 aliphatic rings. The fourth-order valence-corrected chi connectivity index (χ4v) is 4.27. The van der Waals surface area contributed by atoms with Gasteiger partial charge in [-0.3, -0.25) is 19.7 Å². The molecule has 2 N–H and O–H groups in total. The predicted molar refractivity (Wildman–Crippen MR) is 94.3 cm³/mol. The van der Waals surface area contributed by atoms with Crippen molar-refractivity contribution < 1.29 is 19.1 Å². The lowest BCUT2D eigenvalue weighted by molar-refractivity contribution is -0.136. The van der Waals surface area contributed by atoms with Gasteiger partial charge in [0.2, 0.25) is 11.8 Å². The zero-order valence-electron chi connectivity index (χ0n) is 14.2. The minimum absolute atomic E-state index is 0. The van der Waals surface area contributed by atoms with Crippen molar-refractivity contribution in [1.29, 1.82) is 0 Å². The van der Waals surface area contributed by atoms with E-state index >= 15 is 0 Å². The number of rotatable bonds is 1. The Balaban J connectivity index is 0.00000168. The molecule has 2 fully saturated rings. The molecule has 0 bridgehead atoms. The predicted octanol–water partition coefficient (Wildman–Crippen LogP) is 0.536. The highest BCUT2D eigenvalue weighted by atomic mass is 35.5. The maximum Gasteiger partial charge on any atom is 0.255 e. The van der Waals surface area contributed by atoms with Gasteiger partial charge in [0.15, 0.2) is 0 Å². The third kappa shape index (κ3) is 2.41. The van der Waals surface area contributed by atoms with Crippen LogP contribution in [0.1, 0.15) is 40.7 Å². The van der Waals surface area contributed by atoms with Crippen LogP contribution in [0, 0.1) is 0 Å². The van der Waals surface area contributed by atoms with E-state index in [0.29, 0.717) is 18.5 Å². The number of hydrogen-bond acceptors (Lipinski definition) is 5. The highest BCUT2D eigenvalue weighted by Crippen LogP contribution is 2.42. The van der Waals surface area contributed by atoms with Gasteiger partial charge in [0.25, 0.3) is 5.91 Å². The van der Waals surface area contributed by atoms with Gasteiger partial charge in [-0.05, 0) is 30.9 Å². The molecule has 8 heteroatoms. The maximum atomic E-state index is 12.8. The minimum atomic E-state index is -0.587.